The third-order valence-electron chi connectivity index (χ3n) is 4.47. The van der Waals surface area contributed by atoms with Crippen molar-refractivity contribution >= 4 is 24.6 Å². The van der Waals surface area contributed by atoms with E-state index in [-0.39, 0.29) is 30.0 Å². The molecule has 3 heterocycles. The quantitative estimate of drug-likeness (QED) is 0.200. The highest BCUT2D eigenvalue weighted by Gasteiger charge is 2.41. The van der Waals surface area contributed by atoms with Gasteiger partial charge in [-0.1, -0.05) is 0 Å². The number of hydroxylamine groups is 1. The van der Waals surface area contributed by atoms with E-state index in [4.69, 9.17) is 24.9 Å². The number of nitrogen functional groups attached to an aromatic ring is 1. The number of nitrogens with zero attached hydrogens (tertiary/aromatic N) is 3. The fraction of sp³-hybridized carbons (Fsp3) is 0.667. The van der Waals surface area contributed by atoms with Gasteiger partial charge in [0.2, 0.25) is 5.95 Å². The van der Waals surface area contributed by atoms with Crippen LogP contribution in [0.4, 0.5) is 5.95 Å². The number of nitrogens with one attached hydrogen (secondary N) is 2. The van der Waals surface area contributed by atoms with Crippen molar-refractivity contribution in [3.63, 3.8) is 0 Å². The Morgan fingerprint density at radius 2 is 2.28 bits per heavy atom. The molecule has 2 aromatic heterocycles. The Labute approximate surface area is 165 Å². The molecule has 0 bridgehead atoms. The van der Waals surface area contributed by atoms with Gasteiger partial charge in [0.25, 0.3) is 5.56 Å². The average Bonchev–Trinajstić information content (AvgIpc) is 3.16. The largest absolute Gasteiger partial charge is 0.382 e. The summed E-state index contributed by atoms with van der Waals surface area (Å²) in [5.74, 6) is -0.0696. The molecule has 0 saturated carbocycles. The standard InChI is InChI=1S/C15H25N6O7P/c1-26-7-10-9(28-29(2,24)25)6-11(27-10)21-13-12(14(22)19-15(16)18-13)8(20-21)4-3-5-17-23/h9-11,17,23H,3-7H2,1-2H3,(H,24,25)(H3,16,18,19,22). The smallest absolute Gasteiger partial charge is 0.325 e. The lowest BCUT2D eigenvalue weighted by atomic mass is 10.2. The summed E-state index contributed by atoms with van der Waals surface area (Å²) in [5.41, 5.74) is 8.04. The SMILES string of the molecule is COCC1OC(n2nc(CCCNO)c3c(=O)[nH]c(N)nc32)CC1OP(C)(=O)O. The summed E-state index contributed by atoms with van der Waals surface area (Å²) in [5, 5.41) is 13.5. The molecule has 14 heteroatoms. The van der Waals surface area contributed by atoms with Crippen LogP contribution in [0, 0.1) is 0 Å². The van der Waals surface area contributed by atoms with Crippen molar-refractivity contribution in [2.75, 3.05) is 32.7 Å². The van der Waals surface area contributed by atoms with E-state index in [0.717, 1.165) is 6.66 Å². The maximum Gasteiger partial charge on any atom is 0.325 e. The monoisotopic (exact) mass is 432 g/mol. The molecule has 6 N–H and O–H groups in total. The minimum absolute atomic E-state index is 0.0696. The van der Waals surface area contributed by atoms with Crippen LogP contribution in [-0.2, 0) is 25.0 Å². The number of anilines is 1. The molecular weight excluding hydrogens is 407 g/mol. The van der Waals surface area contributed by atoms with Gasteiger partial charge in [-0.15, -0.1) is 0 Å². The molecule has 3 rings (SSSR count). The van der Waals surface area contributed by atoms with Gasteiger partial charge in [0.1, 0.15) is 17.6 Å². The highest BCUT2D eigenvalue weighted by Crippen LogP contribution is 2.44. The molecular formula is C15H25N6O7P. The molecule has 0 radical (unpaired) electrons. The summed E-state index contributed by atoms with van der Waals surface area (Å²) in [6, 6.07) is 0. The first-order chi connectivity index (χ1) is 13.7. The van der Waals surface area contributed by atoms with Crippen molar-refractivity contribution in [2.45, 2.75) is 37.7 Å². The first-order valence-electron chi connectivity index (χ1n) is 9.00. The van der Waals surface area contributed by atoms with Gasteiger partial charge < -0.3 is 29.8 Å². The van der Waals surface area contributed by atoms with Crippen LogP contribution in [0.25, 0.3) is 11.0 Å². The van der Waals surface area contributed by atoms with Crippen LogP contribution in [0.5, 0.6) is 0 Å². The van der Waals surface area contributed by atoms with Crippen LogP contribution in [0.2, 0.25) is 0 Å². The number of methoxy groups -OCH3 is 1. The molecule has 29 heavy (non-hydrogen) atoms. The lowest BCUT2D eigenvalue weighted by Gasteiger charge is -2.19. The number of aryl methyl sites for hydroxylation is 1. The summed E-state index contributed by atoms with van der Waals surface area (Å²) in [4.78, 5) is 28.7. The van der Waals surface area contributed by atoms with Gasteiger partial charge in [0, 0.05) is 26.7 Å². The number of hydrogen-bond acceptors (Lipinski definition) is 10. The predicted octanol–water partition coefficient (Wildman–Crippen LogP) is -0.252. The van der Waals surface area contributed by atoms with E-state index in [1.54, 1.807) is 0 Å². The van der Waals surface area contributed by atoms with Gasteiger partial charge in [-0.3, -0.25) is 14.3 Å². The molecule has 4 unspecified atom stereocenters. The summed E-state index contributed by atoms with van der Waals surface area (Å²) >= 11 is 0. The zero-order valence-corrected chi connectivity index (χ0v) is 17.0. The van der Waals surface area contributed by atoms with Gasteiger partial charge in [-0.2, -0.15) is 10.1 Å². The Kier molecular flexibility index (Phi) is 6.69. The van der Waals surface area contributed by atoms with E-state index in [0.29, 0.717) is 25.1 Å². The summed E-state index contributed by atoms with van der Waals surface area (Å²) < 4.78 is 29.5. The second-order valence-corrected chi connectivity index (χ2v) is 8.64. The molecule has 1 fully saturated rings. The summed E-state index contributed by atoms with van der Waals surface area (Å²) in [7, 11) is -2.27. The Bertz CT molecular complexity index is 957. The van der Waals surface area contributed by atoms with E-state index in [9.17, 15) is 14.3 Å². The van der Waals surface area contributed by atoms with Crippen molar-refractivity contribution in [1.29, 1.82) is 0 Å². The lowest BCUT2D eigenvalue weighted by Crippen LogP contribution is -2.27. The topological polar surface area (TPSA) is 187 Å². The van der Waals surface area contributed by atoms with Crippen LogP contribution >= 0.6 is 7.60 Å². The molecule has 1 aliphatic rings. The average molecular weight is 432 g/mol. The number of nitrogens with two attached hydrogens (primary N) is 1. The number of rotatable bonds is 9. The van der Waals surface area contributed by atoms with Gasteiger partial charge in [0.05, 0.1) is 12.3 Å². The normalized spacial score (nSPS) is 24.2. The highest BCUT2D eigenvalue weighted by molar-refractivity contribution is 7.51. The molecule has 13 nitrogen and oxygen atoms in total. The number of fused-ring (bicyclic) bond motifs is 1. The number of ether oxygens (including phenoxy) is 2. The van der Waals surface area contributed by atoms with Crippen LogP contribution in [0.1, 0.15) is 24.8 Å². The van der Waals surface area contributed by atoms with Gasteiger partial charge >= 0.3 is 7.60 Å². The molecule has 1 aliphatic heterocycles. The molecule has 0 amide bonds. The van der Waals surface area contributed by atoms with Crippen LogP contribution < -0.4 is 16.8 Å². The van der Waals surface area contributed by atoms with Crippen molar-refractivity contribution in [3.05, 3.63) is 16.0 Å². The van der Waals surface area contributed by atoms with Crippen LogP contribution in [-0.4, -0.2) is 69.0 Å². The molecule has 1 saturated heterocycles. The van der Waals surface area contributed by atoms with Crippen LogP contribution in [0.3, 0.4) is 0 Å². The molecule has 4 atom stereocenters. The summed E-state index contributed by atoms with van der Waals surface area (Å²) in [6.45, 7) is 1.57. The van der Waals surface area contributed by atoms with Gasteiger partial charge in [0.15, 0.2) is 11.9 Å². The van der Waals surface area contributed by atoms with Crippen LogP contribution in [0.15, 0.2) is 4.79 Å². The first kappa shape index (κ1) is 21.8. The zero-order valence-electron chi connectivity index (χ0n) is 16.1. The Morgan fingerprint density at radius 3 is 2.93 bits per heavy atom. The van der Waals surface area contributed by atoms with E-state index >= 15 is 0 Å². The number of aromatic amines is 1. The second-order valence-electron chi connectivity index (χ2n) is 6.82. The second kappa shape index (κ2) is 8.88. The van der Waals surface area contributed by atoms with Crippen molar-refractivity contribution in [2.24, 2.45) is 0 Å². The van der Waals surface area contributed by atoms with Gasteiger partial charge in [-0.05, 0) is 12.8 Å². The van der Waals surface area contributed by atoms with Crippen molar-refractivity contribution < 1.29 is 28.7 Å². The molecule has 2 aromatic rings. The Morgan fingerprint density at radius 1 is 1.52 bits per heavy atom. The molecule has 0 spiro atoms. The minimum Gasteiger partial charge on any atom is -0.382 e. The van der Waals surface area contributed by atoms with E-state index in [2.05, 4.69) is 20.5 Å². The summed E-state index contributed by atoms with van der Waals surface area (Å²) in [6.07, 6.45) is -0.879. The lowest BCUT2D eigenvalue weighted by molar-refractivity contribution is -0.0530. The number of hydrogen-bond donors (Lipinski definition) is 5. The van der Waals surface area contributed by atoms with Crippen molar-refractivity contribution in [3.8, 4) is 0 Å². The maximum atomic E-state index is 12.5. The molecule has 0 aromatic carbocycles. The fourth-order valence-corrected chi connectivity index (χ4v) is 4.09. The van der Waals surface area contributed by atoms with Crippen molar-refractivity contribution in [1.82, 2.24) is 25.2 Å². The molecule has 162 valence electrons. The minimum atomic E-state index is -3.76. The Hall–Kier alpha value is -1.86. The van der Waals surface area contributed by atoms with Gasteiger partial charge in [-0.25, -0.2) is 10.2 Å². The third kappa shape index (κ3) is 5.01. The predicted molar refractivity (Wildman–Crippen MR) is 102 cm³/mol. The number of H-pyrrole nitrogens is 1. The fourth-order valence-electron chi connectivity index (χ4n) is 3.37. The molecule has 0 aliphatic carbocycles. The third-order valence-corrected chi connectivity index (χ3v) is 5.13. The Balaban J connectivity index is 1.98. The number of aromatic nitrogens is 4. The zero-order chi connectivity index (χ0) is 21.2. The van der Waals surface area contributed by atoms with E-state index in [1.807, 2.05) is 0 Å². The van der Waals surface area contributed by atoms with E-state index < -0.39 is 31.6 Å². The van der Waals surface area contributed by atoms with E-state index in [1.165, 1.54) is 11.8 Å². The maximum absolute atomic E-state index is 12.5. The first-order valence-corrected chi connectivity index (χ1v) is 11.0. The highest BCUT2D eigenvalue weighted by atomic mass is 31.2.